The molecule has 2 rings (SSSR count). The molecular formula is C19H26N4O4S. The molecule has 0 saturated heterocycles. The van der Waals surface area contributed by atoms with Crippen molar-refractivity contribution >= 4 is 29.3 Å². The summed E-state index contributed by atoms with van der Waals surface area (Å²) < 4.78 is 7.12. The quantitative estimate of drug-likeness (QED) is 0.522. The predicted molar refractivity (Wildman–Crippen MR) is 108 cm³/mol. The Hall–Kier alpha value is -2.52. The molecule has 1 aromatic carbocycles. The number of rotatable bonds is 10. The van der Waals surface area contributed by atoms with Gasteiger partial charge in [0, 0.05) is 6.04 Å². The third kappa shape index (κ3) is 6.28. The van der Waals surface area contributed by atoms with Crippen molar-refractivity contribution in [2.75, 3.05) is 17.7 Å². The van der Waals surface area contributed by atoms with E-state index < -0.39 is 0 Å². The summed E-state index contributed by atoms with van der Waals surface area (Å²) in [5.74, 6) is 0.315. The molecule has 0 bridgehead atoms. The van der Waals surface area contributed by atoms with E-state index in [0.29, 0.717) is 28.9 Å². The van der Waals surface area contributed by atoms with Crippen molar-refractivity contribution in [1.29, 1.82) is 0 Å². The van der Waals surface area contributed by atoms with Crippen molar-refractivity contribution in [2.45, 2.75) is 45.1 Å². The Balaban J connectivity index is 2.01. The van der Waals surface area contributed by atoms with E-state index in [1.807, 2.05) is 32.9 Å². The molecule has 28 heavy (non-hydrogen) atoms. The lowest BCUT2D eigenvalue weighted by Gasteiger charge is -2.13. The van der Waals surface area contributed by atoms with Gasteiger partial charge in [0.05, 0.1) is 36.5 Å². The number of aromatic nitrogens is 2. The highest BCUT2D eigenvalue weighted by Crippen LogP contribution is 2.25. The van der Waals surface area contributed by atoms with Gasteiger partial charge in [-0.2, -0.15) is 0 Å². The summed E-state index contributed by atoms with van der Waals surface area (Å²) in [5, 5.41) is 15.6. The molecule has 0 saturated carbocycles. The minimum atomic E-state index is -0.240. The number of ether oxygens (including phenoxy) is 1. The normalized spacial score (nSPS) is 10.8. The van der Waals surface area contributed by atoms with Gasteiger partial charge in [0.1, 0.15) is 12.3 Å². The van der Waals surface area contributed by atoms with Crippen LogP contribution in [0.1, 0.15) is 26.5 Å². The average molecular weight is 407 g/mol. The van der Waals surface area contributed by atoms with Gasteiger partial charge < -0.3 is 25.0 Å². The van der Waals surface area contributed by atoms with E-state index in [0.717, 1.165) is 0 Å². The van der Waals surface area contributed by atoms with E-state index >= 15 is 0 Å². The number of anilines is 1. The zero-order valence-corrected chi connectivity index (χ0v) is 17.1. The van der Waals surface area contributed by atoms with Gasteiger partial charge in [0.25, 0.3) is 0 Å². The summed E-state index contributed by atoms with van der Waals surface area (Å²) in [6.45, 7) is 5.92. The summed E-state index contributed by atoms with van der Waals surface area (Å²) in [5.41, 5.74) is 1.12. The van der Waals surface area contributed by atoms with E-state index in [-0.39, 0.29) is 36.8 Å². The van der Waals surface area contributed by atoms with Gasteiger partial charge in [0.2, 0.25) is 11.8 Å². The molecule has 9 heteroatoms. The number of aliphatic hydroxyl groups is 1. The number of thioether (sulfide) groups is 1. The average Bonchev–Trinajstić information content (AvgIpc) is 3.02. The van der Waals surface area contributed by atoms with Crippen LogP contribution in [0.15, 0.2) is 35.6 Å². The highest BCUT2D eigenvalue weighted by atomic mass is 32.2. The van der Waals surface area contributed by atoms with Crippen molar-refractivity contribution < 1.29 is 19.4 Å². The van der Waals surface area contributed by atoms with E-state index in [9.17, 15) is 14.7 Å². The van der Waals surface area contributed by atoms with Gasteiger partial charge >= 0.3 is 0 Å². The van der Waals surface area contributed by atoms with E-state index in [1.165, 1.54) is 18.0 Å². The Morgan fingerprint density at radius 3 is 2.71 bits per heavy atom. The number of para-hydroxylation sites is 2. The number of nitrogens with zero attached hydrogens (tertiary/aromatic N) is 2. The zero-order chi connectivity index (χ0) is 20.5. The second-order valence-electron chi connectivity index (χ2n) is 6.26. The Labute approximate surface area is 168 Å². The molecule has 1 heterocycles. The Morgan fingerprint density at radius 2 is 2.04 bits per heavy atom. The third-order valence-electron chi connectivity index (χ3n) is 3.61. The molecule has 152 valence electrons. The van der Waals surface area contributed by atoms with Gasteiger partial charge in [-0.15, -0.1) is 0 Å². The first-order valence-corrected chi connectivity index (χ1v) is 10.0. The SMILES string of the molecule is CCOc1ccccc1NC(=O)CSc1ncc(CO)n1CC(=O)NC(C)C. The van der Waals surface area contributed by atoms with Crippen molar-refractivity contribution in [3.63, 3.8) is 0 Å². The van der Waals surface area contributed by atoms with E-state index in [2.05, 4.69) is 15.6 Å². The van der Waals surface area contributed by atoms with Gasteiger partial charge in [-0.1, -0.05) is 23.9 Å². The van der Waals surface area contributed by atoms with Crippen molar-refractivity contribution in [3.8, 4) is 5.75 Å². The lowest BCUT2D eigenvalue weighted by Crippen LogP contribution is -2.33. The number of carbonyl (C=O) groups excluding carboxylic acids is 2. The largest absolute Gasteiger partial charge is 0.492 e. The molecule has 0 aliphatic heterocycles. The van der Waals surface area contributed by atoms with E-state index in [4.69, 9.17) is 4.74 Å². The smallest absolute Gasteiger partial charge is 0.240 e. The van der Waals surface area contributed by atoms with Crippen molar-refractivity contribution in [1.82, 2.24) is 14.9 Å². The van der Waals surface area contributed by atoms with Crippen LogP contribution in [0.4, 0.5) is 5.69 Å². The fourth-order valence-electron chi connectivity index (χ4n) is 2.48. The van der Waals surface area contributed by atoms with E-state index in [1.54, 1.807) is 16.7 Å². The van der Waals surface area contributed by atoms with Crippen LogP contribution in [0.3, 0.4) is 0 Å². The second-order valence-corrected chi connectivity index (χ2v) is 7.21. The number of carbonyl (C=O) groups is 2. The molecule has 2 amide bonds. The number of hydrogen-bond donors (Lipinski definition) is 3. The molecule has 3 N–H and O–H groups in total. The van der Waals surface area contributed by atoms with Gasteiger partial charge in [-0.25, -0.2) is 4.98 Å². The minimum absolute atomic E-state index is 0.0147. The molecule has 0 unspecified atom stereocenters. The fraction of sp³-hybridized carbons (Fsp3) is 0.421. The van der Waals surface area contributed by atoms with Crippen LogP contribution in [0.25, 0.3) is 0 Å². The van der Waals surface area contributed by atoms with Crippen LogP contribution in [0, 0.1) is 0 Å². The standard InChI is InChI=1S/C19H26N4O4S/c1-4-27-16-8-6-5-7-15(16)22-18(26)12-28-19-20-9-14(11-24)23(19)10-17(25)21-13(2)3/h5-9,13,24H,4,10-12H2,1-3H3,(H,21,25)(H,22,26). The highest BCUT2D eigenvalue weighted by Gasteiger charge is 2.16. The van der Waals surface area contributed by atoms with Crippen LogP contribution < -0.4 is 15.4 Å². The molecule has 0 fully saturated rings. The van der Waals surface area contributed by atoms with Crippen LogP contribution in [0.5, 0.6) is 5.75 Å². The summed E-state index contributed by atoms with van der Waals surface area (Å²) in [6, 6.07) is 7.24. The van der Waals surface area contributed by atoms with Gasteiger partial charge in [0.15, 0.2) is 5.16 Å². The minimum Gasteiger partial charge on any atom is -0.492 e. The number of aliphatic hydroxyl groups excluding tert-OH is 1. The molecular weight excluding hydrogens is 380 g/mol. The number of amides is 2. The lowest BCUT2D eigenvalue weighted by atomic mass is 10.3. The second kappa shape index (κ2) is 10.7. The molecule has 0 aliphatic carbocycles. The molecule has 2 aromatic rings. The maximum atomic E-state index is 12.3. The van der Waals surface area contributed by atoms with Crippen LogP contribution in [-0.2, 0) is 22.7 Å². The first kappa shape index (κ1) is 21.8. The molecule has 0 aliphatic rings. The van der Waals surface area contributed by atoms with Gasteiger partial charge in [-0.3, -0.25) is 9.59 Å². The summed E-state index contributed by atoms with van der Waals surface area (Å²) >= 11 is 1.20. The number of imidazole rings is 1. The highest BCUT2D eigenvalue weighted by molar-refractivity contribution is 7.99. The molecule has 1 aromatic heterocycles. The van der Waals surface area contributed by atoms with Crippen molar-refractivity contribution in [2.24, 2.45) is 0 Å². The monoisotopic (exact) mass is 406 g/mol. The summed E-state index contributed by atoms with van der Waals surface area (Å²) in [6.07, 6.45) is 1.51. The Morgan fingerprint density at radius 1 is 1.29 bits per heavy atom. The lowest BCUT2D eigenvalue weighted by molar-refractivity contribution is -0.122. The first-order chi connectivity index (χ1) is 13.4. The fourth-order valence-corrected chi connectivity index (χ4v) is 3.28. The number of nitrogens with one attached hydrogen (secondary N) is 2. The summed E-state index contributed by atoms with van der Waals surface area (Å²) in [4.78, 5) is 28.6. The summed E-state index contributed by atoms with van der Waals surface area (Å²) in [7, 11) is 0. The van der Waals surface area contributed by atoms with Crippen LogP contribution in [0.2, 0.25) is 0 Å². The van der Waals surface area contributed by atoms with Crippen LogP contribution >= 0.6 is 11.8 Å². The van der Waals surface area contributed by atoms with Gasteiger partial charge in [-0.05, 0) is 32.9 Å². The van der Waals surface area contributed by atoms with Crippen LogP contribution in [-0.4, -0.2) is 44.9 Å². The topological polar surface area (TPSA) is 105 Å². The Kier molecular flexibility index (Phi) is 8.34. The van der Waals surface area contributed by atoms with Crippen molar-refractivity contribution in [3.05, 3.63) is 36.2 Å². The Bertz CT molecular complexity index is 807. The molecule has 8 nitrogen and oxygen atoms in total. The maximum Gasteiger partial charge on any atom is 0.240 e. The molecule has 0 radical (unpaired) electrons. The third-order valence-corrected chi connectivity index (χ3v) is 4.60. The number of benzene rings is 1. The zero-order valence-electron chi connectivity index (χ0n) is 16.3. The molecule has 0 atom stereocenters. The molecule has 0 spiro atoms. The first-order valence-electron chi connectivity index (χ1n) is 9.03. The maximum absolute atomic E-state index is 12.3. The number of hydrogen-bond acceptors (Lipinski definition) is 6. The predicted octanol–water partition coefficient (Wildman–Crippen LogP) is 2.03.